The van der Waals surface area contributed by atoms with Crippen molar-refractivity contribution in [3.05, 3.63) is 59.2 Å². The second-order valence-electron chi connectivity index (χ2n) is 6.50. The Bertz CT molecular complexity index is 778. The molecule has 24 heavy (non-hydrogen) atoms. The first-order valence-electron chi connectivity index (χ1n) is 8.20. The molecule has 3 rings (SSSR count). The minimum absolute atomic E-state index is 0.00209. The molecule has 2 aromatic rings. The van der Waals surface area contributed by atoms with Gasteiger partial charge in [-0.25, -0.2) is 0 Å². The number of para-hydroxylation sites is 1. The van der Waals surface area contributed by atoms with Gasteiger partial charge in [-0.15, -0.1) is 0 Å². The van der Waals surface area contributed by atoms with Crippen LogP contribution in [0.2, 0.25) is 0 Å². The summed E-state index contributed by atoms with van der Waals surface area (Å²) in [5, 5.41) is 3.01. The summed E-state index contributed by atoms with van der Waals surface area (Å²) in [6.45, 7) is 6.37. The topological polar surface area (TPSA) is 49.4 Å². The fraction of sp³-hybridized carbons (Fsp3) is 0.300. The molecule has 0 radical (unpaired) electrons. The molecule has 0 bridgehead atoms. The van der Waals surface area contributed by atoms with Crippen LogP contribution in [-0.4, -0.2) is 18.4 Å². The Morgan fingerprint density at radius 3 is 2.42 bits per heavy atom. The third kappa shape index (κ3) is 3.18. The quantitative estimate of drug-likeness (QED) is 0.938. The average Bonchev–Trinajstić information content (AvgIpc) is 2.93. The average molecular weight is 322 g/mol. The molecule has 1 aliphatic rings. The zero-order chi connectivity index (χ0) is 17.3. The van der Waals surface area contributed by atoms with Crippen LogP contribution < -0.4 is 10.2 Å². The molecule has 1 atom stereocenters. The molecule has 124 valence electrons. The lowest BCUT2D eigenvalue weighted by Crippen LogP contribution is -2.28. The van der Waals surface area contributed by atoms with Gasteiger partial charge in [-0.1, -0.05) is 30.3 Å². The van der Waals surface area contributed by atoms with E-state index >= 15 is 0 Å². The van der Waals surface area contributed by atoms with Gasteiger partial charge in [0.1, 0.15) is 0 Å². The van der Waals surface area contributed by atoms with Gasteiger partial charge in [0, 0.05) is 24.3 Å². The number of hydrogen-bond acceptors (Lipinski definition) is 2. The Morgan fingerprint density at radius 1 is 1.08 bits per heavy atom. The highest BCUT2D eigenvalue weighted by atomic mass is 16.2. The molecule has 4 nitrogen and oxygen atoms in total. The van der Waals surface area contributed by atoms with Crippen molar-refractivity contribution in [2.24, 2.45) is 5.92 Å². The molecular weight excluding hydrogens is 300 g/mol. The van der Waals surface area contributed by atoms with Crippen molar-refractivity contribution in [3.63, 3.8) is 0 Å². The van der Waals surface area contributed by atoms with E-state index in [-0.39, 0.29) is 24.2 Å². The van der Waals surface area contributed by atoms with Crippen LogP contribution in [0, 0.1) is 26.7 Å². The Balaban J connectivity index is 1.75. The van der Waals surface area contributed by atoms with Gasteiger partial charge in [-0.3, -0.25) is 9.59 Å². The first-order chi connectivity index (χ1) is 11.5. The van der Waals surface area contributed by atoms with Crippen LogP contribution in [0.4, 0.5) is 11.4 Å². The number of amides is 2. The lowest BCUT2D eigenvalue weighted by Gasteiger charge is -2.18. The minimum Gasteiger partial charge on any atom is -0.325 e. The predicted octanol–water partition coefficient (Wildman–Crippen LogP) is 3.60. The van der Waals surface area contributed by atoms with Gasteiger partial charge in [0.15, 0.2) is 0 Å². The van der Waals surface area contributed by atoms with E-state index in [2.05, 4.69) is 5.32 Å². The van der Waals surface area contributed by atoms with Gasteiger partial charge in [0.2, 0.25) is 11.8 Å². The highest BCUT2D eigenvalue weighted by molar-refractivity contribution is 6.04. The maximum Gasteiger partial charge on any atom is 0.229 e. The van der Waals surface area contributed by atoms with E-state index in [1.165, 1.54) is 0 Å². The van der Waals surface area contributed by atoms with Crippen LogP contribution in [0.15, 0.2) is 42.5 Å². The third-order valence-corrected chi connectivity index (χ3v) is 4.54. The fourth-order valence-corrected chi connectivity index (χ4v) is 3.17. The molecule has 1 saturated heterocycles. The molecular formula is C20H22N2O2. The number of carbonyl (C=O) groups is 2. The van der Waals surface area contributed by atoms with E-state index in [1.807, 2.05) is 63.2 Å². The number of benzene rings is 2. The number of hydrogen-bond donors (Lipinski definition) is 1. The third-order valence-electron chi connectivity index (χ3n) is 4.54. The first kappa shape index (κ1) is 16.2. The molecule has 0 aliphatic carbocycles. The van der Waals surface area contributed by atoms with Gasteiger partial charge in [0.25, 0.3) is 0 Å². The van der Waals surface area contributed by atoms with Crippen LogP contribution >= 0.6 is 0 Å². The molecule has 0 unspecified atom stereocenters. The standard InChI is InChI=1S/C20H22N2O2/c1-13-6-4-9-17(10-13)22-12-16(11-18(22)23)20(24)21-19-14(2)7-5-8-15(19)3/h4-10,16H,11-12H2,1-3H3,(H,21,24)/t16-/m0/s1. The summed E-state index contributed by atoms with van der Waals surface area (Å²) in [6.07, 6.45) is 0.255. The molecule has 1 fully saturated rings. The zero-order valence-corrected chi connectivity index (χ0v) is 14.3. The first-order valence-corrected chi connectivity index (χ1v) is 8.20. The predicted molar refractivity (Wildman–Crippen MR) is 96.2 cm³/mol. The van der Waals surface area contributed by atoms with Crippen molar-refractivity contribution >= 4 is 23.2 Å². The zero-order valence-electron chi connectivity index (χ0n) is 14.3. The van der Waals surface area contributed by atoms with Gasteiger partial charge >= 0.3 is 0 Å². The summed E-state index contributed by atoms with van der Waals surface area (Å²) < 4.78 is 0. The number of aryl methyl sites for hydroxylation is 3. The number of nitrogens with one attached hydrogen (secondary N) is 1. The van der Waals surface area contributed by atoms with E-state index in [1.54, 1.807) is 4.90 Å². The van der Waals surface area contributed by atoms with Crippen molar-refractivity contribution in [1.29, 1.82) is 0 Å². The summed E-state index contributed by atoms with van der Waals surface area (Å²) >= 11 is 0. The molecule has 0 spiro atoms. The number of carbonyl (C=O) groups excluding carboxylic acids is 2. The van der Waals surface area contributed by atoms with E-state index < -0.39 is 0 Å². The molecule has 1 aliphatic heterocycles. The smallest absolute Gasteiger partial charge is 0.229 e. The van der Waals surface area contributed by atoms with Crippen LogP contribution in [0.25, 0.3) is 0 Å². The number of nitrogens with zero attached hydrogens (tertiary/aromatic N) is 1. The largest absolute Gasteiger partial charge is 0.325 e. The SMILES string of the molecule is Cc1cccc(N2C[C@@H](C(=O)Nc3c(C)cccc3C)CC2=O)c1. The Hall–Kier alpha value is -2.62. The van der Waals surface area contributed by atoms with Crippen LogP contribution in [0.3, 0.4) is 0 Å². The van der Waals surface area contributed by atoms with E-state index in [4.69, 9.17) is 0 Å². The highest BCUT2D eigenvalue weighted by Crippen LogP contribution is 2.27. The normalized spacial score (nSPS) is 17.2. The van der Waals surface area contributed by atoms with Crippen molar-refractivity contribution in [2.75, 3.05) is 16.8 Å². The van der Waals surface area contributed by atoms with Crippen LogP contribution in [0.5, 0.6) is 0 Å². The van der Waals surface area contributed by atoms with Crippen molar-refractivity contribution < 1.29 is 9.59 Å². The Kier molecular flexibility index (Phi) is 4.38. The second-order valence-corrected chi connectivity index (χ2v) is 6.50. The Labute approximate surface area is 142 Å². The summed E-state index contributed by atoms with van der Waals surface area (Å²) in [7, 11) is 0. The fourth-order valence-electron chi connectivity index (χ4n) is 3.17. The van der Waals surface area contributed by atoms with Crippen molar-refractivity contribution in [2.45, 2.75) is 27.2 Å². The molecule has 0 saturated carbocycles. The highest BCUT2D eigenvalue weighted by Gasteiger charge is 2.35. The number of rotatable bonds is 3. The molecule has 1 heterocycles. The minimum atomic E-state index is -0.322. The van der Waals surface area contributed by atoms with Crippen LogP contribution in [0.1, 0.15) is 23.1 Å². The Morgan fingerprint density at radius 2 is 1.75 bits per heavy atom. The lowest BCUT2D eigenvalue weighted by atomic mass is 10.1. The monoisotopic (exact) mass is 322 g/mol. The summed E-state index contributed by atoms with van der Waals surface area (Å²) in [5.74, 6) is -0.407. The molecule has 1 N–H and O–H groups in total. The van der Waals surface area contributed by atoms with Crippen molar-refractivity contribution in [3.8, 4) is 0 Å². The summed E-state index contributed by atoms with van der Waals surface area (Å²) in [4.78, 5) is 26.7. The maximum atomic E-state index is 12.6. The lowest BCUT2D eigenvalue weighted by molar-refractivity contribution is -0.122. The van der Waals surface area contributed by atoms with Crippen molar-refractivity contribution in [1.82, 2.24) is 0 Å². The molecule has 2 amide bonds. The van der Waals surface area contributed by atoms with Gasteiger partial charge in [-0.05, 0) is 49.6 Å². The van der Waals surface area contributed by atoms with Gasteiger partial charge < -0.3 is 10.2 Å². The van der Waals surface area contributed by atoms with E-state index in [0.29, 0.717) is 6.54 Å². The summed E-state index contributed by atoms with van der Waals surface area (Å²) in [6, 6.07) is 13.7. The maximum absolute atomic E-state index is 12.6. The van der Waals surface area contributed by atoms with Gasteiger partial charge in [-0.2, -0.15) is 0 Å². The second kappa shape index (κ2) is 6.48. The summed E-state index contributed by atoms with van der Waals surface area (Å²) in [5.41, 5.74) is 4.88. The number of anilines is 2. The van der Waals surface area contributed by atoms with E-state index in [9.17, 15) is 9.59 Å². The molecule has 2 aromatic carbocycles. The van der Waals surface area contributed by atoms with E-state index in [0.717, 1.165) is 28.1 Å². The van der Waals surface area contributed by atoms with Gasteiger partial charge in [0.05, 0.1) is 5.92 Å². The van der Waals surface area contributed by atoms with Crippen LogP contribution in [-0.2, 0) is 9.59 Å². The molecule has 0 aromatic heterocycles. The molecule has 4 heteroatoms.